The van der Waals surface area contributed by atoms with Crippen LogP contribution in [0.4, 0.5) is 0 Å². The van der Waals surface area contributed by atoms with Crippen molar-refractivity contribution < 1.29 is 106 Å². The van der Waals surface area contributed by atoms with Crippen molar-refractivity contribution in [1.82, 2.24) is 0 Å². The number of halogens is 1. The van der Waals surface area contributed by atoms with E-state index in [2.05, 4.69) is 0 Å². The van der Waals surface area contributed by atoms with Crippen LogP contribution >= 0.6 is 0 Å². The molecular weight excluding hydrogens is 421 g/mol. The minimum Gasteiger partial charge on any atom is -1.00 e. The summed E-state index contributed by atoms with van der Waals surface area (Å²) in [5, 5.41) is 35.5. The number of aliphatic carboxylic acids is 3. The van der Waals surface area contributed by atoms with Crippen molar-refractivity contribution in [3.8, 4) is 0 Å². The quantitative estimate of drug-likeness (QED) is 0.353. The van der Waals surface area contributed by atoms with Crippen molar-refractivity contribution in [2.45, 2.75) is 18.4 Å². The first kappa shape index (κ1) is 32.4. The van der Waals surface area contributed by atoms with E-state index in [0.717, 1.165) is 0 Å². The molecule has 0 saturated heterocycles. The summed E-state index contributed by atoms with van der Waals surface area (Å²) in [4.78, 5) is 30.3. The summed E-state index contributed by atoms with van der Waals surface area (Å²) in [6.45, 7) is 0. The third-order valence-corrected chi connectivity index (χ3v) is 1.27. The van der Waals surface area contributed by atoms with E-state index in [4.69, 9.17) is 27.5 Å². The molecule has 0 aliphatic heterocycles. The molecule has 0 spiro atoms. The Kier molecular flexibility index (Phi) is 25.6. The Morgan fingerprint density at radius 1 is 1.05 bits per heavy atom. The molecule has 10 nitrogen and oxygen atoms in total. The van der Waals surface area contributed by atoms with Crippen LogP contribution in [0.3, 0.4) is 0 Å². The zero-order chi connectivity index (χ0) is 14.2. The molecule has 0 aliphatic carbocycles. The van der Waals surface area contributed by atoms with E-state index >= 15 is 0 Å². The van der Waals surface area contributed by atoms with Crippen LogP contribution in [-0.2, 0) is 35.6 Å². The fraction of sp³-hybridized carbons (Fsp3) is 0.500. The molecule has 0 aromatic rings. The molecule has 111 valence electrons. The Bertz CT molecular complexity index is 320. The van der Waals surface area contributed by atoms with Crippen molar-refractivity contribution in [1.29, 1.82) is 0 Å². The molecule has 0 atom stereocenters. The fourth-order valence-electron chi connectivity index (χ4n) is 0.707. The summed E-state index contributed by atoms with van der Waals surface area (Å²) in [7, 11) is 0. The Hall–Kier alpha value is 0.432. The van der Waals surface area contributed by atoms with Gasteiger partial charge in [0.1, 0.15) is 5.60 Å². The van der Waals surface area contributed by atoms with Gasteiger partial charge >= 0.3 is 85.6 Å². The number of hydrogen-bond acceptors (Lipinski definition) is 8. The van der Waals surface area contributed by atoms with Gasteiger partial charge in [0.25, 0.3) is 0 Å². The molecule has 0 fully saturated rings. The molecule has 0 saturated carbocycles. The van der Waals surface area contributed by atoms with Gasteiger partial charge in [-0.15, -0.1) is 0 Å². The van der Waals surface area contributed by atoms with E-state index in [0.29, 0.717) is 0 Å². The van der Waals surface area contributed by atoms with Gasteiger partial charge in [0.2, 0.25) is 0 Å². The van der Waals surface area contributed by atoms with Gasteiger partial charge < -0.3 is 37.6 Å². The number of carbonyl (C=O) groups is 3. The van der Waals surface area contributed by atoms with Crippen LogP contribution in [0.15, 0.2) is 0 Å². The van der Waals surface area contributed by atoms with Gasteiger partial charge in [-0.05, 0) is 0 Å². The summed E-state index contributed by atoms with van der Waals surface area (Å²) in [6.07, 6.45) is -2.41. The third-order valence-electron chi connectivity index (χ3n) is 1.27. The molecule has 0 rings (SSSR count). The largest absolute Gasteiger partial charge is 3.00 e. The third kappa shape index (κ3) is 20.7. The van der Waals surface area contributed by atoms with Crippen molar-refractivity contribution in [2.24, 2.45) is 0 Å². The molecular formula is C6H7ClCrNaO10Se. The molecule has 0 unspecified atom stereocenters. The average Bonchev–Trinajstić information content (AvgIpc) is 1.98. The number of hydrogen-bond donors (Lipinski definition) is 3. The first-order valence-electron chi connectivity index (χ1n) is 3.65. The molecule has 14 heteroatoms. The smallest absolute Gasteiger partial charge is 1.00 e. The van der Waals surface area contributed by atoms with Crippen LogP contribution in [-0.4, -0.2) is 53.3 Å². The maximum atomic E-state index is 10.2. The van der Waals surface area contributed by atoms with Crippen LogP contribution in [0.5, 0.6) is 0 Å². The second-order valence-corrected chi connectivity index (χ2v) is 3.52. The van der Waals surface area contributed by atoms with Gasteiger partial charge in [-0.25, -0.2) is 0 Å². The van der Waals surface area contributed by atoms with Gasteiger partial charge in [-0.1, -0.05) is 0 Å². The standard InChI is InChI=1S/C6H8O7.ClH.Cr.Na.H2O3Se/c7-3(8)1-6(13,5(11)12)2-4(9)10;;;;1-4(2)3/h13H,1-2H2,(H,7,8)(H,9,10)(H,11,12);1H;;;(H2,1,2,3)/q;;+3;+1;/p-4. The molecule has 0 heterocycles. The van der Waals surface area contributed by atoms with E-state index in [1.165, 1.54) is 0 Å². The predicted molar refractivity (Wildman–Crippen MR) is 40.9 cm³/mol. The molecule has 0 aromatic carbocycles. The van der Waals surface area contributed by atoms with Crippen LogP contribution in [0, 0.1) is 0 Å². The van der Waals surface area contributed by atoms with Crippen molar-refractivity contribution in [3.05, 3.63) is 0 Å². The van der Waals surface area contributed by atoms with Gasteiger partial charge in [0.05, 0.1) is 18.8 Å². The van der Waals surface area contributed by atoms with E-state index in [1.807, 2.05) is 0 Å². The zero-order valence-electron chi connectivity index (χ0n) is 9.81. The molecule has 0 bridgehead atoms. The molecule has 0 aromatic heterocycles. The van der Waals surface area contributed by atoms with Gasteiger partial charge in [-0.2, -0.15) is 0 Å². The summed E-state index contributed by atoms with van der Waals surface area (Å²) < 4.78 is 25.6. The van der Waals surface area contributed by atoms with Crippen molar-refractivity contribution in [2.75, 3.05) is 0 Å². The Morgan fingerprint density at radius 2 is 1.25 bits per heavy atom. The van der Waals surface area contributed by atoms with Crippen LogP contribution in [0.25, 0.3) is 0 Å². The number of rotatable bonds is 5. The van der Waals surface area contributed by atoms with Gasteiger partial charge in [-0.3, -0.25) is 9.59 Å². The number of carboxylic acids is 3. The topological polar surface area (TPSA) is 198 Å². The zero-order valence-corrected chi connectivity index (χ0v) is 15.6. The number of carboxylic acid groups (broad SMARTS) is 3. The van der Waals surface area contributed by atoms with Crippen molar-refractivity contribution >= 4 is 32.4 Å². The van der Waals surface area contributed by atoms with E-state index < -0.39 is 50.8 Å². The summed E-state index contributed by atoms with van der Waals surface area (Å²) in [5.74, 6) is -5.35. The number of aliphatic hydroxyl groups is 1. The summed E-state index contributed by atoms with van der Waals surface area (Å²) >= 11 is -3.79. The minimum absolute atomic E-state index is 0. The normalized spacial score (nSPS) is 8.80. The van der Waals surface area contributed by atoms with Gasteiger partial charge in [0.15, 0.2) is 0 Å². The Balaban J connectivity index is -0.0000000951. The van der Waals surface area contributed by atoms with Crippen molar-refractivity contribution in [3.63, 3.8) is 0 Å². The maximum Gasteiger partial charge on any atom is 3.00 e. The first-order chi connectivity index (χ1) is 7.51. The van der Waals surface area contributed by atoms with E-state index in [1.54, 1.807) is 0 Å². The van der Waals surface area contributed by atoms with Crippen LogP contribution in [0.2, 0.25) is 0 Å². The number of carbonyl (C=O) groups excluding carboxylic acids is 1. The summed E-state index contributed by atoms with van der Waals surface area (Å²) in [6, 6.07) is 0. The SMILES string of the molecule is O=C(O)CC(O)(CC(=O)O)C(=O)[O-].O=[Se]([O-])[O-].[Cl-].[Cr+3].[Na+]. The second kappa shape index (κ2) is 15.8. The Labute approximate surface area is 156 Å². The fourth-order valence-corrected chi connectivity index (χ4v) is 0.707. The summed E-state index contributed by atoms with van der Waals surface area (Å²) in [5.41, 5.74) is -2.85. The predicted octanol–water partition coefficient (Wildman–Crippen LogP) is -11.5. The molecule has 0 amide bonds. The van der Waals surface area contributed by atoms with Crippen LogP contribution < -0.4 is 55.4 Å². The van der Waals surface area contributed by atoms with E-state index in [9.17, 15) is 19.5 Å². The second-order valence-electron chi connectivity index (χ2n) is 2.66. The first-order valence-corrected chi connectivity index (χ1v) is 5.75. The molecule has 3 N–H and O–H groups in total. The average molecular weight is 429 g/mol. The molecule has 1 radical (unpaired) electrons. The monoisotopic (exact) mass is 429 g/mol. The van der Waals surface area contributed by atoms with Crippen LogP contribution in [0.1, 0.15) is 12.8 Å². The minimum atomic E-state index is -3.79. The molecule has 0 aliphatic rings. The van der Waals surface area contributed by atoms with Gasteiger partial charge in [0, 0.05) is 0 Å². The Morgan fingerprint density at radius 3 is 1.35 bits per heavy atom. The van der Waals surface area contributed by atoms with E-state index in [-0.39, 0.29) is 59.3 Å². The maximum absolute atomic E-state index is 10.2. The molecule has 20 heavy (non-hydrogen) atoms.